The van der Waals surface area contributed by atoms with Crippen LogP contribution in [0.2, 0.25) is 0 Å². The minimum atomic E-state index is -1.30. The maximum atomic E-state index is 11.5. The van der Waals surface area contributed by atoms with Gasteiger partial charge in [0.2, 0.25) is 0 Å². The van der Waals surface area contributed by atoms with Crippen molar-refractivity contribution in [2.45, 2.75) is 5.54 Å². The normalized spacial score (nSPS) is 24.6. The molecule has 4 nitrogen and oxygen atoms in total. The fourth-order valence-corrected chi connectivity index (χ4v) is 1.88. The number of halogens is 1. The van der Waals surface area contributed by atoms with Crippen molar-refractivity contribution in [2.24, 2.45) is 5.73 Å². The summed E-state index contributed by atoms with van der Waals surface area (Å²) in [6.45, 7) is -0.395. The summed E-state index contributed by atoms with van der Waals surface area (Å²) in [5.74, 6) is -0.367. The molecule has 1 atom stereocenters. The summed E-state index contributed by atoms with van der Waals surface area (Å²) in [5.41, 5.74) is 5.78. The first-order valence-electron chi connectivity index (χ1n) is 4.09. The van der Waals surface area contributed by atoms with E-state index >= 15 is 0 Å². The fourth-order valence-electron chi connectivity index (χ4n) is 1.52. The number of amides is 1. The molecule has 0 radical (unpaired) electrons. The van der Waals surface area contributed by atoms with Crippen LogP contribution >= 0.6 is 15.9 Å². The second-order valence-electron chi connectivity index (χ2n) is 3.27. The molecule has 0 aromatic heterocycles. The van der Waals surface area contributed by atoms with Crippen molar-refractivity contribution in [2.75, 3.05) is 11.9 Å². The lowest BCUT2D eigenvalue weighted by Gasteiger charge is -2.18. The number of aliphatic hydroxyl groups excluding tert-OH is 1. The maximum Gasteiger partial charge on any atom is 0.251 e. The molecule has 2 rings (SSSR count). The Bertz CT molecular complexity index is 408. The third-order valence-electron chi connectivity index (χ3n) is 2.37. The molecule has 1 unspecified atom stereocenters. The van der Waals surface area contributed by atoms with Gasteiger partial charge >= 0.3 is 0 Å². The lowest BCUT2D eigenvalue weighted by atomic mass is 9.94. The summed E-state index contributed by atoms with van der Waals surface area (Å²) >= 11 is 3.29. The van der Waals surface area contributed by atoms with Gasteiger partial charge in [-0.2, -0.15) is 0 Å². The standard InChI is InChI=1S/C9H9BrN2O2/c10-5-1-2-6-7(3-5)12-8(14)9(6,11)4-13/h1-3,13H,4,11H2,(H,12,14). The summed E-state index contributed by atoms with van der Waals surface area (Å²) in [4.78, 5) is 11.5. The van der Waals surface area contributed by atoms with Crippen molar-refractivity contribution in [1.29, 1.82) is 0 Å². The molecule has 0 aliphatic carbocycles. The Morgan fingerprint density at radius 2 is 2.29 bits per heavy atom. The lowest BCUT2D eigenvalue weighted by Crippen LogP contribution is -2.46. The van der Waals surface area contributed by atoms with Crippen molar-refractivity contribution in [3.63, 3.8) is 0 Å². The Balaban J connectivity index is 2.59. The monoisotopic (exact) mass is 256 g/mol. The highest BCUT2D eigenvalue weighted by atomic mass is 79.9. The highest BCUT2D eigenvalue weighted by Crippen LogP contribution is 2.35. The predicted molar refractivity (Wildman–Crippen MR) is 55.7 cm³/mol. The molecular weight excluding hydrogens is 248 g/mol. The molecular formula is C9H9BrN2O2. The minimum Gasteiger partial charge on any atom is -0.394 e. The molecule has 0 fully saturated rings. The summed E-state index contributed by atoms with van der Waals surface area (Å²) in [5, 5.41) is 11.7. The molecule has 1 aliphatic heterocycles. The van der Waals surface area contributed by atoms with E-state index in [1.807, 2.05) is 0 Å². The fraction of sp³-hybridized carbons (Fsp3) is 0.222. The molecule has 5 heteroatoms. The van der Waals surface area contributed by atoms with Crippen molar-refractivity contribution < 1.29 is 9.90 Å². The van der Waals surface area contributed by atoms with Gasteiger partial charge in [-0.1, -0.05) is 22.0 Å². The second kappa shape index (κ2) is 3.05. The van der Waals surface area contributed by atoms with E-state index in [0.29, 0.717) is 11.3 Å². The number of nitrogens with one attached hydrogen (secondary N) is 1. The predicted octanol–water partition coefficient (Wildman–Crippen LogP) is 0.548. The van der Waals surface area contributed by atoms with Crippen LogP contribution in [0, 0.1) is 0 Å². The van der Waals surface area contributed by atoms with Crippen LogP contribution in [0.25, 0.3) is 0 Å². The zero-order chi connectivity index (χ0) is 10.3. The van der Waals surface area contributed by atoms with Crippen LogP contribution in [0.5, 0.6) is 0 Å². The average Bonchev–Trinajstić information content (AvgIpc) is 2.39. The number of fused-ring (bicyclic) bond motifs is 1. The largest absolute Gasteiger partial charge is 0.394 e. The van der Waals surface area contributed by atoms with Crippen LogP contribution < -0.4 is 11.1 Å². The number of hydrogen-bond acceptors (Lipinski definition) is 3. The highest BCUT2D eigenvalue weighted by Gasteiger charge is 2.42. The Morgan fingerprint density at radius 1 is 1.57 bits per heavy atom. The van der Waals surface area contributed by atoms with E-state index < -0.39 is 12.1 Å². The average molecular weight is 257 g/mol. The molecule has 1 aliphatic rings. The number of carbonyl (C=O) groups is 1. The van der Waals surface area contributed by atoms with Crippen LogP contribution in [-0.4, -0.2) is 17.6 Å². The summed E-state index contributed by atoms with van der Waals surface area (Å²) in [6, 6.07) is 5.28. The van der Waals surface area contributed by atoms with Gasteiger partial charge in [0.25, 0.3) is 5.91 Å². The van der Waals surface area contributed by atoms with Gasteiger partial charge in [0, 0.05) is 15.7 Å². The number of hydrogen-bond donors (Lipinski definition) is 3. The summed E-state index contributed by atoms with van der Waals surface area (Å²) in [6.07, 6.45) is 0. The van der Waals surface area contributed by atoms with Gasteiger partial charge < -0.3 is 16.2 Å². The third-order valence-corrected chi connectivity index (χ3v) is 2.86. The Morgan fingerprint density at radius 3 is 2.93 bits per heavy atom. The number of rotatable bonds is 1. The van der Waals surface area contributed by atoms with E-state index in [9.17, 15) is 4.79 Å². The minimum absolute atomic E-state index is 0.367. The smallest absolute Gasteiger partial charge is 0.251 e. The van der Waals surface area contributed by atoms with Gasteiger partial charge in [-0.15, -0.1) is 0 Å². The summed E-state index contributed by atoms with van der Waals surface area (Å²) < 4.78 is 0.860. The van der Waals surface area contributed by atoms with Crippen LogP contribution in [-0.2, 0) is 10.3 Å². The molecule has 0 bridgehead atoms. The molecule has 4 N–H and O–H groups in total. The van der Waals surface area contributed by atoms with Crippen molar-refractivity contribution >= 4 is 27.5 Å². The Hall–Kier alpha value is -0.910. The van der Waals surface area contributed by atoms with Gasteiger partial charge in [0.15, 0.2) is 0 Å². The molecule has 74 valence electrons. The maximum absolute atomic E-state index is 11.5. The molecule has 1 aromatic rings. The van der Waals surface area contributed by atoms with Gasteiger partial charge in [0.05, 0.1) is 6.61 Å². The van der Waals surface area contributed by atoms with E-state index in [2.05, 4.69) is 21.2 Å². The molecule has 0 saturated carbocycles. The second-order valence-corrected chi connectivity index (χ2v) is 4.19. The van der Waals surface area contributed by atoms with E-state index in [0.717, 1.165) is 4.47 Å². The quantitative estimate of drug-likeness (QED) is 0.687. The molecule has 1 heterocycles. The van der Waals surface area contributed by atoms with Crippen molar-refractivity contribution in [3.05, 3.63) is 28.2 Å². The van der Waals surface area contributed by atoms with Gasteiger partial charge in [-0.3, -0.25) is 4.79 Å². The number of anilines is 1. The van der Waals surface area contributed by atoms with Gasteiger partial charge in [-0.25, -0.2) is 0 Å². The number of carbonyl (C=O) groups excluding carboxylic acids is 1. The van der Waals surface area contributed by atoms with Crippen LogP contribution in [0.1, 0.15) is 5.56 Å². The molecule has 1 amide bonds. The van der Waals surface area contributed by atoms with Crippen LogP contribution in [0.3, 0.4) is 0 Å². The highest BCUT2D eigenvalue weighted by molar-refractivity contribution is 9.10. The number of aliphatic hydroxyl groups is 1. The number of benzene rings is 1. The van der Waals surface area contributed by atoms with Crippen molar-refractivity contribution in [3.8, 4) is 0 Å². The zero-order valence-electron chi connectivity index (χ0n) is 7.25. The van der Waals surface area contributed by atoms with E-state index in [1.54, 1.807) is 18.2 Å². The van der Waals surface area contributed by atoms with Gasteiger partial charge in [0.1, 0.15) is 5.54 Å². The topological polar surface area (TPSA) is 75.3 Å². The van der Waals surface area contributed by atoms with E-state index in [4.69, 9.17) is 10.8 Å². The Kier molecular flexibility index (Phi) is 2.10. The molecule has 14 heavy (non-hydrogen) atoms. The lowest BCUT2D eigenvalue weighted by molar-refractivity contribution is -0.122. The van der Waals surface area contributed by atoms with Crippen molar-refractivity contribution in [1.82, 2.24) is 0 Å². The summed E-state index contributed by atoms with van der Waals surface area (Å²) in [7, 11) is 0. The molecule has 0 saturated heterocycles. The molecule has 1 aromatic carbocycles. The van der Waals surface area contributed by atoms with E-state index in [1.165, 1.54) is 0 Å². The SMILES string of the molecule is NC1(CO)C(=O)Nc2cc(Br)ccc21. The Labute approximate surface area is 89.2 Å². The van der Waals surface area contributed by atoms with E-state index in [-0.39, 0.29) is 5.91 Å². The first-order chi connectivity index (χ1) is 6.58. The van der Waals surface area contributed by atoms with Gasteiger partial charge in [-0.05, 0) is 12.1 Å². The number of nitrogens with two attached hydrogens (primary N) is 1. The van der Waals surface area contributed by atoms with Crippen LogP contribution in [0.15, 0.2) is 22.7 Å². The first-order valence-corrected chi connectivity index (χ1v) is 4.88. The molecule has 0 spiro atoms. The van der Waals surface area contributed by atoms with Crippen LogP contribution in [0.4, 0.5) is 5.69 Å². The zero-order valence-corrected chi connectivity index (χ0v) is 8.84. The first kappa shape index (κ1) is 9.64. The third kappa shape index (κ3) is 1.17.